The third-order valence-electron chi connectivity index (χ3n) is 6.80. The van der Waals surface area contributed by atoms with Crippen molar-refractivity contribution < 1.29 is 9.53 Å². The molecule has 1 unspecified atom stereocenters. The Bertz CT molecular complexity index is 1370. The van der Waals surface area contributed by atoms with Gasteiger partial charge in [-0.05, 0) is 24.6 Å². The summed E-state index contributed by atoms with van der Waals surface area (Å²) in [5.41, 5.74) is 3.41. The monoisotopic (exact) mass is 473 g/mol. The van der Waals surface area contributed by atoms with Gasteiger partial charge in [0.2, 0.25) is 5.91 Å². The highest BCUT2D eigenvalue weighted by Crippen LogP contribution is 2.30. The number of ether oxygens (including phenoxy) is 1. The smallest absolute Gasteiger partial charge is 0.254 e. The average molecular weight is 474 g/mol. The first-order chi connectivity index (χ1) is 17.1. The van der Waals surface area contributed by atoms with E-state index in [0.717, 1.165) is 60.1 Å². The number of pyridine rings is 1. The second-order valence-electron chi connectivity index (χ2n) is 8.98. The molecule has 0 saturated carbocycles. The maximum atomic E-state index is 11.8. The Kier molecular flexibility index (Phi) is 5.40. The molecule has 2 aliphatic rings. The second kappa shape index (κ2) is 8.73. The van der Waals surface area contributed by atoms with Crippen LogP contribution in [0.3, 0.4) is 0 Å². The molecule has 180 valence electrons. The molecule has 0 bridgehead atoms. The summed E-state index contributed by atoms with van der Waals surface area (Å²) in [6.07, 6.45) is 6.33. The predicted molar refractivity (Wildman–Crippen MR) is 129 cm³/mol. The first-order valence-corrected chi connectivity index (χ1v) is 11.9. The van der Waals surface area contributed by atoms with Gasteiger partial charge in [0.05, 0.1) is 18.9 Å². The zero-order valence-electron chi connectivity index (χ0n) is 19.8. The summed E-state index contributed by atoms with van der Waals surface area (Å²) in [6, 6.07) is 5.88. The van der Waals surface area contributed by atoms with Crippen molar-refractivity contribution in [3.63, 3.8) is 0 Å². The van der Waals surface area contributed by atoms with Crippen LogP contribution >= 0.6 is 0 Å². The lowest BCUT2D eigenvalue weighted by Crippen LogP contribution is -2.37. The molecular weight excluding hydrogens is 446 g/mol. The van der Waals surface area contributed by atoms with Crippen molar-refractivity contribution in [3.8, 4) is 17.3 Å². The van der Waals surface area contributed by atoms with Crippen LogP contribution in [-0.4, -0.2) is 84.5 Å². The number of carbonyl (C=O) groups excluding carboxylic acids is 1. The Labute approximate surface area is 202 Å². The standard InChI is InChI=1S/C24H27N9O2/c1-16(34)32-9-5-18(15-32)19-6-10-33(29-19)24-27-22-20(23(28-24)31-11-13-35-14-12-31)26-21(30(22)2)17-3-7-25-8-4-17/h3-4,6-8,10,18H,5,9,11-15H2,1-2H3. The maximum Gasteiger partial charge on any atom is 0.254 e. The topological polar surface area (TPSA) is 107 Å². The van der Waals surface area contributed by atoms with Gasteiger partial charge in [0.1, 0.15) is 5.82 Å². The Morgan fingerprint density at radius 1 is 1.06 bits per heavy atom. The summed E-state index contributed by atoms with van der Waals surface area (Å²) in [5, 5.41) is 4.82. The van der Waals surface area contributed by atoms with Gasteiger partial charge in [0.25, 0.3) is 5.95 Å². The largest absolute Gasteiger partial charge is 0.378 e. The minimum absolute atomic E-state index is 0.108. The number of imidazole rings is 1. The van der Waals surface area contributed by atoms with Gasteiger partial charge in [0.15, 0.2) is 17.0 Å². The fraction of sp³-hybridized carbons (Fsp3) is 0.417. The van der Waals surface area contributed by atoms with E-state index in [1.54, 1.807) is 24.0 Å². The van der Waals surface area contributed by atoms with Gasteiger partial charge in [-0.1, -0.05) is 0 Å². The quantitative estimate of drug-likeness (QED) is 0.442. The van der Waals surface area contributed by atoms with Crippen molar-refractivity contribution in [2.45, 2.75) is 19.3 Å². The Morgan fingerprint density at radius 2 is 1.86 bits per heavy atom. The van der Waals surface area contributed by atoms with Gasteiger partial charge in [-0.3, -0.25) is 9.78 Å². The Morgan fingerprint density at radius 3 is 2.60 bits per heavy atom. The van der Waals surface area contributed by atoms with Gasteiger partial charge in [-0.15, -0.1) is 0 Å². The number of morpholine rings is 1. The summed E-state index contributed by atoms with van der Waals surface area (Å²) < 4.78 is 9.29. The number of likely N-dealkylation sites (tertiary alicyclic amines) is 1. The number of hydrogen-bond acceptors (Lipinski definition) is 8. The van der Waals surface area contributed by atoms with Gasteiger partial charge in [-0.25, -0.2) is 9.67 Å². The summed E-state index contributed by atoms with van der Waals surface area (Å²) in [7, 11) is 1.97. The molecule has 11 nitrogen and oxygen atoms in total. The van der Waals surface area contributed by atoms with Crippen molar-refractivity contribution in [1.29, 1.82) is 0 Å². The molecule has 2 fully saturated rings. The molecule has 35 heavy (non-hydrogen) atoms. The lowest BCUT2D eigenvalue weighted by atomic mass is 10.1. The van der Waals surface area contributed by atoms with Crippen LogP contribution in [0, 0.1) is 0 Å². The van der Waals surface area contributed by atoms with Gasteiger partial charge in [-0.2, -0.15) is 15.1 Å². The van der Waals surface area contributed by atoms with Gasteiger partial charge < -0.3 is 19.1 Å². The van der Waals surface area contributed by atoms with E-state index in [4.69, 9.17) is 24.8 Å². The number of nitrogens with zero attached hydrogens (tertiary/aromatic N) is 9. The lowest BCUT2D eigenvalue weighted by Gasteiger charge is -2.28. The minimum Gasteiger partial charge on any atom is -0.378 e. The molecule has 0 aromatic carbocycles. The molecule has 0 spiro atoms. The first kappa shape index (κ1) is 21.7. The van der Waals surface area contributed by atoms with E-state index in [1.807, 2.05) is 40.9 Å². The molecule has 4 aromatic heterocycles. The van der Waals surface area contributed by atoms with Crippen molar-refractivity contribution in [1.82, 2.24) is 39.2 Å². The van der Waals surface area contributed by atoms with Crippen LogP contribution in [0.2, 0.25) is 0 Å². The summed E-state index contributed by atoms with van der Waals surface area (Å²) in [5.74, 6) is 2.41. The zero-order chi connectivity index (χ0) is 23.9. The van der Waals surface area contributed by atoms with E-state index < -0.39 is 0 Å². The number of hydrogen-bond donors (Lipinski definition) is 0. The van der Waals surface area contributed by atoms with E-state index in [2.05, 4.69) is 9.88 Å². The number of rotatable bonds is 4. The van der Waals surface area contributed by atoms with Crippen LogP contribution in [0.1, 0.15) is 25.0 Å². The molecule has 1 atom stereocenters. The molecule has 0 radical (unpaired) electrons. The van der Waals surface area contributed by atoms with Crippen LogP contribution < -0.4 is 4.90 Å². The fourth-order valence-corrected chi connectivity index (χ4v) is 4.85. The van der Waals surface area contributed by atoms with Crippen LogP contribution in [0.4, 0.5) is 5.82 Å². The Hall–Kier alpha value is -3.86. The highest BCUT2D eigenvalue weighted by Gasteiger charge is 2.28. The third-order valence-corrected chi connectivity index (χ3v) is 6.80. The molecule has 2 aliphatic heterocycles. The second-order valence-corrected chi connectivity index (χ2v) is 8.98. The van der Waals surface area contributed by atoms with Crippen LogP contribution in [-0.2, 0) is 16.6 Å². The lowest BCUT2D eigenvalue weighted by molar-refractivity contribution is -0.127. The number of aromatic nitrogens is 7. The average Bonchev–Trinajstić information content (AvgIpc) is 3.64. The minimum atomic E-state index is 0.108. The number of carbonyl (C=O) groups is 1. The normalized spacial score (nSPS) is 18.5. The van der Waals surface area contributed by atoms with E-state index in [0.29, 0.717) is 25.7 Å². The molecule has 6 rings (SSSR count). The summed E-state index contributed by atoms with van der Waals surface area (Å²) in [4.78, 5) is 34.7. The molecule has 0 N–H and O–H groups in total. The van der Waals surface area contributed by atoms with Crippen LogP contribution in [0.5, 0.6) is 0 Å². The first-order valence-electron chi connectivity index (χ1n) is 11.9. The van der Waals surface area contributed by atoms with Gasteiger partial charge >= 0.3 is 0 Å². The summed E-state index contributed by atoms with van der Waals surface area (Å²) in [6.45, 7) is 5.84. The molecule has 11 heteroatoms. The summed E-state index contributed by atoms with van der Waals surface area (Å²) >= 11 is 0. The molecule has 2 saturated heterocycles. The molecule has 6 heterocycles. The van der Waals surface area contributed by atoms with Crippen LogP contribution in [0.25, 0.3) is 28.5 Å². The van der Waals surface area contributed by atoms with Crippen molar-refractivity contribution in [3.05, 3.63) is 42.5 Å². The number of aryl methyl sites for hydroxylation is 1. The highest BCUT2D eigenvalue weighted by molar-refractivity contribution is 5.87. The van der Waals surface area contributed by atoms with Gasteiger partial charge in [0, 0.05) is 70.2 Å². The molecule has 4 aromatic rings. The molecular formula is C24H27N9O2. The van der Waals surface area contributed by atoms with E-state index in [9.17, 15) is 4.79 Å². The van der Waals surface area contributed by atoms with Crippen LogP contribution in [0.15, 0.2) is 36.8 Å². The maximum absolute atomic E-state index is 11.8. The number of amides is 1. The molecule has 0 aliphatic carbocycles. The third kappa shape index (κ3) is 3.91. The Balaban J connectivity index is 1.43. The van der Waals surface area contributed by atoms with Crippen molar-refractivity contribution in [2.75, 3.05) is 44.3 Å². The molecule has 1 amide bonds. The van der Waals surface area contributed by atoms with E-state index in [1.165, 1.54) is 0 Å². The fourth-order valence-electron chi connectivity index (χ4n) is 4.85. The van der Waals surface area contributed by atoms with E-state index >= 15 is 0 Å². The number of anilines is 1. The SMILES string of the molecule is CC(=O)N1CCC(c2ccn(-c3nc(N4CCOCC4)c4nc(-c5ccncc5)n(C)c4n3)n2)C1. The highest BCUT2D eigenvalue weighted by atomic mass is 16.5. The zero-order valence-corrected chi connectivity index (χ0v) is 19.8. The number of fused-ring (bicyclic) bond motifs is 1. The predicted octanol–water partition coefficient (Wildman–Crippen LogP) is 1.78. The van der Waals surface area contributed by atoms with Crippen molar-refractivity contribution >= 4 is 22.9 Å². The van der Waals surface area contributed by atoms with Crippen molar-refractivity contribution in [2.24, 2.45) is 7.05 Å². The van der Waals surface area contributed by atoms with E-state index in [-0.39, 0.29) is 11.8 Å².